The van der Waals surface area contributed by atoms with E-state index in [4.69, 9.17) is 0 Å². The molecule has 0 spiro atoms. The summed E-state index contributed by atoms with van der Waals surface area (Å²) in [7, 11) is 0. The van der Waals surface area contributed by atoms with Crippen molar-refractivity contribution in [2.24, 2.45) is 5.92 Å². The molecule has 0 heterocycles. The van der Waals surface area contributed by atoms with Crippen LogP contribution in [-0.2, 0) is 0 Å². The maximum Gasteiger partial charge on any atom is 0.0315 e. The SMILES string of the molecule is CCC(C)NC1C=CC=CC1C. The van der Waals surface area contributed by atoms with Gasteiger partial charge in [-0.2, -0.15) is 0 Å². The molecule has 0 aromatic rings. The molecule has 68 valence electrons. The van der Waals surface area contributed by atoms with Gasteiger partial charge in [0.1, 0.15) is 0 Å². The van der Waals surface area contributed by atoms with E-state index >= 15 is 0 Å². The van der Waals surface area contributed by atoms with Gasteiger partial charge < -0.3 is 5.32 Å². The lowest BCUT2D eigenvalue weighted by Gasteiger charge is -2.25. The average molecular weight is 165 g/mol. The maximum atomic E-state index is 3.58. The highest BCUT2D eigenvalue weighted by molar-refractivity contribution is 5.16. The van der Waals surface area contributed by atoms with Crippen LogP contribution in [0.25, 0.3) is 0 Å². The predicted molar refractivity (Wildman–Crippen MR) is 54.1 cm³/mol. The summed E-state index contributed by atoms with van der Waals surface area (Å²) in [5.41, 5.74) is 0. The van der Waals surface area contributed by atoms with E-state index in [1.165, 1.54) is 6.42 Å². The fourth-order valence-electron chi connectivity index (χ4n) is 1.37. The molecule has 1 rings (SSSR count). The molecule has 3 atom stereocenters. The lowest BCUT2D eigenvalue weighted by atomic mass is 9.96. The molecule has 0 fully saturated rings. The smallest absolute Gasteiger partial charge is 0.0315 e. The Morgan fingerprint density at radius 3 is 2.58 bits per heavy atom. The van der Waals surface area contributed by atoms with Crippen LogP contribution in [0.5, 0.6) is 0 Å². The molecule has 0 radical (unpaired) electrons. The summed E-state index contributed by atoms with van der Waals surface area (Å²) in [6, 6.07) is 1.15. The highest BCUT2D eigenvalue weighted by Gasteiger charge is 2.14. The Kier molecular flexibility index (Phi) is 3.54. The maximum absolute atomic E-state index is 3.58. The number of rotatable bonds is 3. The van der Waals surface area contributed by atoms with Crippen LogP contribution in [0.4, 0.5) is 0 Å². The van der Waals surface area contributed by atoms with Gasteiger partial charge in [-0.1, -0.05) is 38.2 Å². The van der Waals surface area contributed by atoms with E-state index in [1.54, 1.807) is 0 Å². The van der Waals surface area contributed by atoms with Crippen LogP contribution >= 0.6 is 0 Å². The Hall–Kier alpha value is -0.560. The number of allylic oxidation sites excluding steroid dienone is 2. The molecule has 0 saturated heterocycles. The van der Waals surface area contributed by atoms with E-state index in [2.05, 4.69) is 50.4 Å². The van der Waals surface area contributed by atoms with Gasteiger partial charge in [-0.05, 0) is 19.3 Å². The van der Waals surface area contributed by atoms with Crippen LogP contribution in [0.3, 0.4) is 0 Å². The molecular weight excluding hydrogens is 146 g/mol. The first-order chi connectivity index (χ1) is 5.74. The van der Waals surface area contributed by atoms with Crippen molar-refractivity contribution >= 4 is 0 Å². The first-order valence-electron chi connectivity index (χ1n) is 4.85. The monoisotopic (exact) mass is 165 g/mol. The minimum Gasteiger partial charge on any atom is -0.307 e. The fraction of sp³-hybridized carbons (Fsp3) is 0.636. The normalized spacial score (nSPS) is 30.6. The summed E-state index contributed by atoms with van der Waals surface area (Å²) in [6.07, 6.45) is 9.94. The first kappa shape index (κ1) is 9.53. The van der Waals surface area contributed by atoms with Crippen LogP contribution in [0.15, 0.2) is 24.3 Å². The van der Waals surface area contributed by atoms with Crippen LogP contribution < -0.4 is 5.32 Å². The Bertz CT molecular complexity index is 181. The third kappa shape index (κ3) is 2.49. The van der Waals surface area contributed by atoms with Gasteiger partial charge in [-0.3, -0.25) is 0 Å². The molecule has 0 aromatic heterocycles. The zero-order chi connectivity index (χ0) is 8.97. The lowest BCUT2D eigenvalue weighted by molar-refractivity contribution is 0.428. The standard InChI is InChI=1S/C11H19N/c1-4-10(3)12-11-8-6-5-7-9(11)2/h5-12H,4H2,1-3H3. The van der Waals surface area contributed by atoms with Gasteiger partial charge in [0.25, 0.3) is 0 Å². The van der Waals surface area contributed by atoms with Crippen molar-refractivity contribution < 1.29 is 0 Å². The van der Waals surface area contributed by atoms with Gasteiger partial charge in [-0.15, -0.1) is 0 Å². The van der Waals surface area contributed by atoms with Crippen molar-refractivity contribution in [1.29, 1.82) is 0 Å². The third-order valence-electron chi connectivity index (χ3n) is 2.50. The molecule has 0 aliphatic heterocycles. The Morgan fingerprint density at radius 2 is 2.00 bits per heavy atom. The quantitative estimate of drug-likeness (QED) is 0.677. The van der Waals surface area contributed by atoms with E-state index in [9.17, 15) is 0 Å². The van der Waals surface area contributed by atoms with Crippen molar-refractivity contribution in [3.8, 4) is 0 Å². The van der Waals surface area contributed by atoms with Crippen LogP contribution in [0, 0.1) is 5.92 Å². The topological polar surface area (TPSA) is 12.0 Å². The molecular formula is C11H19N. The molecule has 1 heteroatoms. The molecule has 0 amide bonds. The first-order valence-corrected chi connectivity index (χ1v) is 4.85. The number of hydrogen-bond donors (Lipinski definition) is 1. The minimum absolute atomic E-state index is 0.532. The molecule has 0 aromatic carbocycles. The number of hydrogen-bond acceptors (Lipinski definition) is 1. The molecule has 1 aliphatic rings. The highest BCUT2D eigenvalue weighted by atomic mass is 14.9. The highest BCUT2D eigenvalue weighted by Crippen LogP contribution is 2.12. The van der Waals surface area contributed by atoms with Crippen molar-refractivity contribution in [3.05, 3.63) is 24.3 Å². The fourth-order valence-corrected chi connectivity index (χ4v) is 1.37. The summed E-state index contributed by atoms with van der Waals surface area (Å²) in [6.45, 7) is 6.70. The van der Waals surface area contributed by atoms with Crippen molar-refractivity contribution in [2.75, 3.05) is 0 Å². The van der Waals surface area contributed by atoms with Crippen LogP contribution in [0.2, 0.25) is 0 Å². The van der Waals surface area contributed by atoms with Gasteiger partial charge >= 0.3 is 0 Å². The van der Waals surface area contributed by atoms with Gasteiger partial charge in [0.15, 0.2) is 0 Å². The molecule has 12 heavy (non-hydrogen) atoms. The summed E-state index contributed by atoms with van der Waals surface area (Å²) < 4.78 is 0. The van der Waals surface area contributed by atoms with Gasteiger partial charge in [0, 0.05) is 12.1 Å². The van der Waals surface area contributed by atoms with E-state index in [1.807, 2.05) is 0 Å². The molecule has 1 N–H and O–H groups in total. The summed E-state index contributed by atoms with van der Waals surface area (Å²) in [5.74, 6) is 0.629. The van der Waals surface area contributed by atoms with E-state index < -0.39 is 0 Å². The van der Waals surface area contributed by atoms with Gasteiger partial charge in [0.05, 0.1) is 0 Å². The molecule has 1 aliphatic carbocycles. The summed E-state index contributed by atoms with van der Waals surface area (Å²) in [5, 5.41) is 3.58. The zero-order valence-electron chi connectivity index (χ0n) is 8.25. The Balaban J connectivity index is 2.41. The van der Waals surface area contributed by atoms with Crippen LogP contribution in [-0.4, -0.2) is 12.1 Å². The minimum atomic E-state index is 0.532. The van der Waals surface area contributed by atoms with Crippen molar-refractivity contribution in [3.63, 3.8) is 0 Å². The van der Waals surface area contributed by atoms with Crippen molar-refractivity contribution in [2.45, 2.75) is 39.3 Å². The summed E-state index contributed by atoms with van der Waals surface area (Å²) >= 11 is 0. The van der Waals surface area contributed by atoms with Gasteiger partial charge in [0.2, 0.25) is 0 Å². The predicted octanol–water partition coefficient (Wildman–Crippen LogP) is 2.51. The Morgan fingerprint density at radius 1 is 1.33 bits per heavy atom. The van der Waals surface area contributed by atoms with Crippen LogP contribution in [0.1, 0.15) is 27.2 Å². The largest absolute Gasteiger partial charge is 0.307 e. The second kappa shape index (κ2) is 4.46. The molecule has 3 unspecified atom stereocenters. The van der Waals surface area contributed by atoms with Gasteiger partial charge in [-0.25, -0.2) is 0 Å². The molecule has 0 bridgehead atoms. The van der Waals surface area contributed by atoms with E-state index in [0.29, 0.717) is 18.0 Å². The Labute approximate surface area is 75.6 Å². The molecule has 1 nitrogen and oxygen atoms in total. The van der Waals surface area contributed by atoms with Crippen molar-refractivity contribution in [1.82, 2.24) is 5.32 Å². The zero-order valence-corrected chi connectivity index (χ0v) is 8.25. The lowest BCUT2D eigenvalue weighted by Crippen LogP contribution is -2.39. The average Bonchev–Trinajstić information content (AvgIpc) is 2.09. The summed E-state index contributed by atoms with van der Waals surface area (Å²) in [4.78, 5) is 0. The third-order valence-corrected chi connectivity index (χ3v) is 2.50. The van der Waals surface area contributed by atoms with E-state index in [0.717, 1.165) is 0 Å². The second-order valence-electron chi connectivity index (χ2n) is 3.63. The van der Waals surface area contributed by atoms with E-state index in [-0.39, 0.29) is 0 Å². The second-order valence-corrected chi connectivity index (χ2v) is 3.63. The number of nitrogens with one attached hydrogen (secondary N) is 1. The molecule has 0 saturated carbocycles.